The monoisotopic (exact) mass is 304 g/mol. The lowest BCUT2D eigenvalue weighted by Crippen LogP contribution is -2.39. The van der Waals surface area contributed by atoms with Crippen molar-refractivity contribution in [2.75, 3.05) is 19.7 Å². The highest BCUT2D eigenvalue weighted by Gasteiger charge is 2.14. The Labute approximate surface area is 124 Å². The molecule has 1 aliphatic heterocycles. The van der Waals surface area contributed by atoms with Gasteiger partial charge in [0.1, 0.15) is 5.75 Å². The second kappa shape index (κ2) is 8.25. The number of carbonyl (C=O) groups excluding carboxylic acids is 1. The number of hydrogen-bond donors (Lipinski definition) is 2. The molecular formula is C13H18Cl2N2O2. The van der Waals surface area contributed by atoms with Crippen LogP contribution >= 0.6 is 24.0 Å². The van der Waals surface area contributed by atoms with Gasteiger partial charge in [-0.2, -0.15) is 0 Å². The summed E-state index contributed by atoms with van der Waals surface area (Å²) in [5.41, 5.74) is 0. The zero-order valence-corrected chi connectivity index (χ0v) is 12.1. The van der Waals surface area contributed by atoms with Crippen molar-refractivity contribution in [2.24, 2.45) is 0 Å². The quantitative estimate of drug-likeness (QED) is 0.875. The summed E-state index contributed by atoms with van der Waals surface area (Å²) < 4.78 is 5.35. The fraction of sp³-hybridized carbons (Fsp3) is 0.462. The highest BCUT2D eigenvalue weighted by molar-refractivity contribution is 6.32. The number of benzene rings is 1. The van der Waals surface area contributed by atoms with Crippen LogP contribution in [0.3, 0.4) is 0 Å². The molecule has 2 N–H and O–H groups in total. The fourth-order valence-electron chi connectivity index (χ4n) is 1.92. The molecule has 1 fully saturated rings. The van der Waals surface area contributed by atoms with Crippen molar-refractivity contribution in [1.29, 1.82) is 0 Å². The Morgan fingerprint density at radius 3 is 2.95 bits per heavy atom. The van der Waals surface area contributed by atoms with Gasteiger partial charge in [0.2, 0.25) is 0 Å². The Morgan fingerprint density at radius 2 is 2.26 bits per heavy atom. The standard InChI is InChI=1S/C13H17ClN2O2.ClH/c14-11-5-1-2-6-12(11)18-9-13(17)16-8-10-4-3-7-15-10;/h1-2,5-6,10,15H,3-4,7-9H2,(H,16,17);1H. The van der Waals surface area contributed by atoms with Gasteiger partial charge in [0.05, 0.1) is 5.02 Å². The van der Waals surface area contributed by atoms with E-state index in [-0.39, 0.29) is 24.9 Å². The van der Waals surface area contributed by atoms with Crippen LogP contribution in [0.2, 0.25) is 5.02 Å². The van der Waals surface area contributed by atoms with Gasteiger partial charge in [-0.05, 0) is 31.5 Å². The molecular weight excluding hydrogens is 287 g/mol. The summed E-state index contributed by atoms with van der Waals surface area (Å²) in [5.74, 6) is 0.414. The van der Waals surface area contributed by atoms with Gasteiger partial charge in [0.25, 0.3) is 5.91 Å². The third-order valence-electron chi connectivity index (χ3n) is 2.90. The van der Waals surface area contributed by atoms with Crippen molar-refractivity contribution in [3.05, 3.63) is 29.3 Å². The molecule has 0 spiro atoms. The molecule has 0 aromatic heterocycles. The Kier molecular flexibility index (Phi) is 6.99. The van der Waals surface area contributed by atoms with Crippen molar-refractivity contribution in [2.45, 2.75) is 18.9 Å². The zero-order chi connectivity index (χ0) is 12.8. The predicted molar refractivity (Wildman–Crippen MR) is 78.2 cm³/mol. The van der Waals surface area contributed by atoms with Crippen LogP contribution in [0.4, 0.5) is 0 Å². The van der Waals surface area contributed by atoms with Crippen molar-refractivity contribution in [1.82, 2.24) is 10.6 Å². The molecule has 0 aliphatic carbocycles. The molecule has 1 atom stereocenters. The van der Waals surface area contributed by atoms with Crippen LogP contribution < -0.4 is 15.4 Å². The van der Waals surface area contributed by atoms with E-state index in [0.717, 1.165) is 13.0 Å². The molecule has 4 nitrogen and oxygen atoms in total. The molecule has 1 amide bonds. The van der Waals surface area contributed by atoms with Crippen molar-refractivity contribution >= 4 is 29.9 Å². The third kappa shape index (κ3) is 5.27. The average molecular weight is 305 g/mol. The number of carbonyl (C=O) groups is 1. The third-order valence-corrected chi connectivity index (χ3v) is 3.22. The maximum absolute atomic E-state index is 11.6. The van der Waals surface area contributed by atoms with Crippen LogP contribution in [0, 0.1) is 0 Å². The summed E-state index contributed by atoms with van der Waals surface area (Å²) in [6, 6.07) is 7.52. The molecule has 0 saturated carbocycles. The summed E-state index contributed by atoms with van der Waals surface area (Å²) >= 11 is 5.92. The predicted octanol–water partition coefficient (Wildman–Crippen LogP) is 2.01. The molecule has 6 heteroatoms. The molecule has 0 radical (unpaired) electrons. The first kappa shape index (κ1) is 16.1. The van der Waals surface area contributed by atoms with Crippen LogP contribution in [0.15, 0.2) is 24.3 Å². The second-order valence-corrected chi connectivity index (χ2v) is 4.72. The smallest absolute Gasteiger partial charge is 0.257 e. The Morgan fingerprint density at radius 1 is 1.47 bits per heavy atom. The average Bonchev–Trinajstić information content (AvgIpc) is 2.88. The Hall–Kier alpha value is -0.970. The van der Waals surface area contributed by atoms with E-state index in [9.17, 15) is 4.79 Å². The van der Waals surface area contributed by atoms with Gasteiger partial charge in [-0.1, -0.05) is 23.7 Å². The van der Waals surface area contributed by atoms with Crippen molar-refractivity contribution in [3.8, 4) is 5.75 Å². The number of nitrogens with one attached hydrogen (secondary N) is 2. The minimum absolute atomic E-state index is 0. The highest BCUT2D eigenvalue weighted by atomic mass is 35.5. The lowest BCUT2D eigenvalue weighted by molar-refractivity contribution is -0.123. The van der Waals surface area contributed by atoms with Crippen molar-refractivity contribution < 1.29 is 9.53 Å². The zero-order valence-electron chi connectivity index (χ0n) is 10.5. The Balaban J connectivity index is 0.00000180. The second-order valence-electron chi connectivity index (χ2n) is 4.32. The molecule has 1 saturated heterocycles. The molecule has 0 bridgehead atoms. The van der Waals surface area contributed by atoms with Gasteiger partial charge in [-0.15, -0.1) is 12.4 Å². The van der Waals surface area contributed by atoms with Crippen LogP contribution in [0.1, 0.15) is 12.8 Å². The van der Waals surface area contributed by atoms with Gasteiger partial charge in [0, 0.05) is 12.6 Å². The molecule has 1 aliphatic rings. The molecule has 1 aromatic rings. The molecule has 106 valence electrons. The summed E-state index contributed by atoms with van der Waals surface area (Å²) in [6.07, 6.45) is 2.29. The molecule has 1 heterocycles. The van der Waals surface area contributed by atoms with Gasteiger partial charge in [-0.25, -0.2) is 0 Å². The topological polar surface area (TPSA) is 50.4 Å². The number of para-hydroxylation sites is 1. The van der Waals surface area contributed by atoms with Crippen LogP contribution in [-0.4, -0.2) is 31.6 Å². The first-order valence-corrected chi connectivity index (χ1v) is 6.51. The van der Waals surface area contributed by atoms with Crippen LogP contribution in [0.5, 0.6) is 5.75 Å². The fourth-order valence-corrected chi connectivity index (χ4v) is 2.11. The maximum Gasteiger partial charge on any atom is 0.257 e. The van der Waals surface area contributed by atoms with E-state index >= 15 is 0 Å². The number of amides is 1. The summed E-state index contributed by atoms with van der Waals surface area (Å²) in [6.45, 7) is 1.69. The van der Waals surface area contributed by atoms with Gasteiger partial charge < -0.3 is 15.4 Å². The van der Waals surface area contributed by atoms with E-state index in [0.29, 0.717) is 23.4 Å². The number of halogens is 2. The molecule has 1 unspecified atom stereocenters. The van der Waals surface area contributed by atoms with Crippen LogP contribution in [-0.2, 0) is 4.79 Å². The SMILES string of the molecule is Cl.O=C(COc1ccccc1Cl)NCC1CCCN1. The first-order chi connectivity index (χ1) is 8.75. The van der Waals surface area contributed by atoms with Gasteiger partial charge in [0.15, 0.2) is 6.61 Å². The largest absolute Gasteiger partial charge is 0.482 e. The Bertz CT molecular complexity index is 409. The minimum atomic E-state index is -0.122. The van der Waals surface area contributed by atoms with Crippen LogP contribution in [0.25, 0.3) is 0 Å². The normalized spacial score (nSPS) is 17.6. The molecule has 19 heavy (non-hydrogen) atoms. The van der Waals surface area contributed by atoms with Gasteiger partial charge in [-0.3, -0.25) is 4.79 Å². The maximum atomic E-state index is 11.6. The summed E-state index contributed by atoms with van der Waals surface area (Å²) in [7, 11) is 0. The lowest BCUT2D eigenvalue weighted by atomic mass is 10.2. The lowest BCUT2D eigenvalue weighted by Gasteiger charge is -2.12. The summed E-state index contributed by atoms with van der Waals surface area (Å²) in [5, 5.41) is 6.68. The van der Waals surface area contributed by atoms with E-state index in [1.807, 2.05) is 12.1 Å². The van der Waals surface area contributed by atoms with E-state index in [1.54, 1.807) is 12.1 Å². The molecule has 1 aromatic carbocycles. The first-order valence-electron chi connectivity index (χ1n) is 6.13. The summed E-state index contributed by atoms with van der Waals surface area (Å²) in [4.78, 5) is 11.6. The number of hydrogen-bond acceptors (Lipinski definition) is 3. The van der Waals surface area contributed by atoms with E-state index in [4.69, 9.17) is 16.3 Å². The van der Waals surface area contributed by atoms with E-state index in [2.05, 4.69) is 10.6 Å². The number of ether oxygens (including phenoxy) is 1. The van der Waals surface area contributed by atoms with E-state index < -0.39 is 0 Å². The van der Waals surface area contributed by atoms with Gasteiger partial charge >= 0.3 is 0 Å². The minimum Gasteiger partial charge on any atom is -0.482 e. The van der Waals surface area contributed by atoms with Crippen molar-refractivity contribution in [3.63, 3.8) is 0 Å². The number of rotatable bonds is 5. The highest BCUT2D eigenvalue weighted by Crippen LogP contribution is 2.22. The molecule has 2 rings (SSSR count). The van der Waals surface area contributed by atoms with E-state index in [1.165, 1.54) is 6.42 Å².